The molecule has 9 heteroatoms. The minimum absolute atomic E-state index is 0.121. The molecule has 1 aliphatic rings. The SMILES string of the molecule is O=C1c2ccccc2C(=O)N1c1cc(OCC(F)F)cc([N+](=O)[O-])c1. The van der Waals surface area contributed by atoms with Crippen molar-refractivity contribution in [3.63, 3.8) is 0 Å². The van der Waals surface area contributed by atoms with Crippen molar-refractivity contribution in [1.29, 1.82) is 0 Å². The molecule has 0 aliphatic carbocycles. The molecule has 0 aromatic heterocycles. The molecule has 0 N–H and O–H groups in total. The van der Waals surface area contributed by atoms with Gasteiger partial charge in [-0.3, -0.25) is 19.7 Å². The van der Waals surface area contributed by atoms with Crippen molar-refractivity contribution < 1.29 is 28.0 Å². The molecule has 0 unspecified atom stereocenters. The summed E-state index contributed by atoms with van der Waals surface area (Å²) in [6.07, 6.45) is -2.78. The maximum absolute atomic E-state index is 12.4. The van der Waals surface area contributed by atoms with Crippen molar-refractivity contribution in [2.75, 3.05) is 11.5 Å². The lowest BCUT2D eigenvalue weighted by Crippen LogP contribution is -2.29. The highest BCUT2D eigenvalue weighted by Crippen LogP contribution is 2.34. The van der Waals surface area contributed by atoms with E-state index in [4.69, 9.17) is 4.74 Å². The third-order valence-corrected chi connectivity index (χ3v) is 3.52. The average molecular weight is 348 g/mol. The first-order valence-corrected chi connectivity index (χ1v) is 7.06. The minimum Gasteiger partial charge on any atom is -0.487 e. The zero-order chi connectivity index (χ0) is 18.1. The van der Waals surface area contributed by atoms with Crippen LogP contribution in [0.1, 0.15) is 20.7 Å². The molecule has 2 aromatic rings. The molecular formula is C16H10F2N2O5. The molecule has 1 aliphatic heterocycles. The molecule has 1 heterocycles. The largest absolute Gasteiger partial charge is 0.487 e. The van der Waals surface area contributed by atoms with Crippen LogP contribution in [0.25, 0.3) is 0 Å². The van der Waals surface area contributed by atoms with Gasteiger partial charge in [-0.2, -0.15) is 0 Å². The second kappa shape index (κ2) is 6.27. The molecule has 7 nitrogen and oxygen atoms in total. The molecule has 2 aromatic carbocycles. The Kier molecular flexibility index (Phi) is 4.14. The number of nitrogens with zero attached hydrogens (tertiary/aromatic N) is 2. The van der Waals surface area contributed by atoms with E-state index in [9.17, 15) is 28.5 Å². The first-order chi connectivity index (χ1) is 11.9. The molecule has 0 spiro atoms. The van der Waals surface area contributed by atoms with Crippen molar-refractivity contribution in [3.05, 3.63) is 63.7 Å². The molecule has 3 rings (SSSR count). The van der Waals surface area contributed by atoms with E-state index in [-0.39, 0.29) is 22.6 Å². The van der Waals surface area contributed by atoms with Gasteiger partial charge in [0, 0.05) is 12.1 Å². The number of ether oxygens (including phenoxy) is 1. The van der Waals surface area contributed by atoms with E-state index in [0.717, 1.165) is 23.1 Å². The second-order valence-corrected chi connectivity index (χ2v) is 5.14. The van der Waals surface area contributed by atoms with Gasteiger partial charge in [-0.15, -0.1) is 0 Å². The Morgan fingerprint density at radius 1 is 1.08 bits per heavy atom. The summed E-state index contributed by atoms with van der Waals surface area (Å²) in [5, 5.41) is 11.1. The Morgan fingerprint density at radius 2 is 1.68 bits per heavy atom. The first kappa shape index (κ1) is 16.5. The predicted octanol–water partition coefficient (Wildman–Crippen LogP) is 3.04. The lowest BCUT2D eigenvalue weighted by Gasteiger charge is -2.15. The van der Waals surface area contributed by atoms with Crippen molar-refractivity contribution in [2.24, 2.45) is 0 Å². The Bertz CT molecular complexity index is 850. The van der Waals surface area contributed by atoms with Crippen LogP contribution in [-0.2, 0) is 0 Å². The van der Waals surface area contributed by atoms with Gasteiger partial charge < -0.3 is 4.74 Å². The van der Waals surface area contributed by atoms with Gasteiger partial charge in [0.25, 0.3) is 23.9 Å². The fourth-order valence-corrected chi connectivity index (χ4v) is 2.47. The van der Waals surface area contributed by atoms with Gasteiger partial charge in [-0.1, -0.05) is 12.1 Å². The van der Waals surface area contributed by atoms with Gasteiger partial charge in [0.1, 0.15) is 12.4 Å². The summed E-state index contributed by atoms with van der Waals surface area (Å²) in [6, 6.07) is 9.18. The van der Waals surface area contributed by atoms with E-state index >= 15 is 0 Å². The van der Waals surface area contributed by atoms with Gasteiger partial charge >= 0.3 is 0 Å². The smallest absolute Gasteiger partial charge is 0.275 e. The number of nitro benzene ring substituents is 1. The van der Waals surface area contributed by atoms with E-state index in [1.54, 1.807) is 12.1 Å². The molecule has 25 heavy (non-hydrogen) atoms. The first-order valence-electron chi connectivity index (χ1n) is 7.06. The Labute approximate surface area is 139 Å². The summed E-state index contributed by atoms with van der Waals surface area (Å²) in [5.41, 5.74) is -0.286. The van der Waals surface area contributed by atoms with Crippen LogP contribution in [0.4, 0.5) is 20.2 Å². The number of carbonyl (C=O) groups excluding carboxylic acids is 2. The van der Waals surface area contributed by atoms with E-state index in [1.165, 1.54) is 12.1 Å². The molecule has 0 bridgehead atoms. The molecule has 0 fully saturated rings. The highest BCUT2D eigenvalue weighted by molar-refractivity contribution is 6.34. The molecule has 0 saturated carbocycles. The molecular weight excluding hydrogens is 338 g/mol. The third-order valence-electron chi connectivity index (χ3n) is 3.52. The number of nitro groups is 1. The van der Waals surface area contributed by atoms with Crippen LogP contribution in [0.2, 0.25) is 0 Å². The number of anilines is 1. The Morgan fingerprint density at radius 3 is 2.20 bits per heavy atom. The molecule has 2 amide bonds. The summed E-state index contributed by atoms with van der Waals surface area (Å²) in [5.74, 6) is -1.54. The van der Waals surface area contributed by atoms with E-state index in [2.05, 4.69) is 0 Å². The summed E-state index contributed by atoms with van der Waals surface area (Å²) in [4.78, 5) is 35.9. The number of carbonyl (C=O) groups is 2. The number of hydrogen-bond donors (Lipinski definition) is 0. The Hall–Kier alpha value is -3.36. The maximum Gasteiger partial charge on any atom is 0.275 e. The van der Waals surface area contributed by atoms with Crippen LogP contribution in [0.15, 0.2) is 42.5 Å². The van der Waals surface area contributed by atoms with Crippen molar-refractivity contribution >= 4 is 23.2 Å². The normalized spacial score (nSPS) is 13.3. The van der Waals surface area contributed by atoms with Crippen molar-refractivity contribution in [1.82, 2.24) is 0 Å². The van der Waals surface area contributed by atoms with Crippen LogP contribution in [0, 0.1) is 10.1 Å². The van der Waals surface area contributed by atoms with Crippen LogP contribution in [-0.4, -0.2) is 29.8 Å². The van der Waals surface area contributed by atoms with Gasteiger partial charge in [-0.05, 0) is 12.1 Å². The number of fused-ring (bicyclic) bond motifs is 1. The Balaban J connectivity index is 2.03. The maximum atomic E-state index is 12.4. The van der Waals surface area contributed by atoms with Gasteiger partial charge in [0.15, 0.2) is 0 Å². The quantitative estimate of drug-likeness (QED) is 0.471. The van der Waals surface area contributed by atoms with Crippen LogP contribution < -0.4 is 9.64 Å². The number of benzene rings is 2. The molecule has 0 saturated heterocycles. The fraction of sp³-hybridized carbons (Fsp3) is 0.125. The van der Waals surface area contributed by atoms with E-state index in [1.807, 2.05) is 0 Å². The highest BCUT2D eigenvalue weighted by Gasteiger charge is 2.37. The lowest BCUT2D eigenvalue weighted by atomic mass is 10.1. The summed E-state index contributed by atoms with van der Waals surface area (Å²) < 4.78 is 29.4. The summed E-state index contributed by atoms with van der Waals surface area (Å²) >= 11 is 0. The van der Waals surface area contributed by atoms with E-state index in [0.29, 0.717) is 0 Å². The zero-order valence-electron chi connectivity index (χ0n) is 12.5. The van der Waals surface area contributed by atoms with Gasteiger partial charge in [-0.25, -0.2) is 13.7 Å². The second-order valence-electron chi connectivity index (χ2n) is 5.14. The van der Waals surface area contributed by atoms with Gasteiger partial charge in [0.2, 0.25) is 0 Å². The predicted molar refractivity (Wildman–Crippen MR) is 82.2 cm³/mol. The van der Waals surface area contributed by atoms with E-state index < -0.39 is 35.5 Å². The van der Waals surface area contributed by atoms with Crippen molar-refractivity contribution in [2.45, 2.75) is 6.43 Å². The van der Waals surface area contributed by atoms with Crippen LogP contribution in [0.3, 0.4) is 0 Å². The summed E-state index contributed by atoms with van der Waals surface area (Å²) in [7, 11) is 0. The number of halogens is 2. The number of rotatable bonds is 5. The number of hydrogen-bond acceptors (Lipinski definition) is 5. The summed E-state index contributed by atoms with van der Waals surface area (Å²) in [6.45, 7) is -0.970. The molecule has 0 radical (unpaired) electrons. The van der Waals surface area contributed by atoms with Gasteiger partial charge in [0.05, 0.1) is 27.8 Å². The monoisotopic (exact) mass is 348 g/mol. The zero-order valence-corrected chi connectivity index (χ0v) is 12.5. The lowest BCUT2D eigenvalue weighted by molar-refractivity contribution is -0.384. The standard InChI is InChI=1S/C16H10F2N2O5/c17-14(18)8-25-11-6-9(5-10(7-11)20(23)24)19-15(21)12-3-1-2-4-13(12)16(19)22/h1-7,14H,8H2. The number of non-ortho nitro benzene ring substituents is 1. The topological polar surface area (TPSA) is 89.8 Å². The molecule has 128 valence electrons. The highest BCUT2D eigenvalue weighted by atomic mass is 19.3. The third kappa shape index (κ3) is 3.03. The van der Waals surface area contributed by atoms with Crippen LogP contribution in [0.5, 0.6) is 5.75 Å². The average Bonchev–Trinajstić information content (AvgIpc) is 2.84. The number of imide groups is 1. The fourth-order valence-electron chi connectivity index (χ4n) is 2.47. The number of amides is 2. The minimum atomic E-state index is -2.78. The van der Waals surface area contributed by atoms with Crippen LogP contribution >= 0.6 is 0 Å². The van der Waals surface area contributed by atoms with Crippen molar-refractivity contribution in [3.8, 4) is 5.75 Å². The molecule has 0 atom stereocenters. The number of alkyl halides is 2.